The summed E-state index contributed by atoms with van der Waals surface area (Å²) in [4.78, 5) is 10.4. The minimum Gasteiger partial charge on any atom is -0.490 e. The number of thioether (sulfide) groups is 1. The first-order valence-corrected chi connectivity index (χ1v) is 20.3. The number of aromatic nitrogens is 1. The van der Waals surface area contributed by atoms with Gasteiger partial charge in [0.15, 0.2) is 0 Å². The van der Waals surface area contributed by atoms with Gasteiger partial charge in [0, 0.05) is 49.9 Å². The van der Waals surface area contributed by atoms with E-state index in [2.05, 4.69) is 42.4 Å². The molecule has 4 aliphatic rings. The fourth-order valence-corrected chi connectivity index (χ4v) is 9.91. The number of fused-ring (bicyclic) bond motifs is 2. The molecule has 2 aliphatic heterocycles. The lowest BCUT2D eigenvalue weighted by Gasteiger charge is -2.58. The normalized spacial score (nSPS) is 28.6. The molecule has 0 radical (unpaired) electrons. The summed E-state index contributed by atoms with van der Waals surface area (Å²) in [7, 11) is 0. The number of aryl methyl sites for hydroxylation is 1. The van der Waals surface area contributed by atoms with Crippen LogP contribution in [0.3, 0.4) is 0 Å². The second-order valence-corrected chi connectivity index (χ2v) is 15.5. The Balaban J connectivity index is 1.49. The molecule has 1 unspecified atom stereocenters. The lowest BCUT2D eigenvalue weighted by atomic mass is 9.56. The third-order valence-corrected chi connectivity index (χ3v) is 12.2. The van der Waals surface area contributed by atoms with Gasteiger partial charge in [-0.1, -0.05) is 42.8 Å². The van der Waals surface area contributed by atoms with Gasteiger partial charge in [-0.2, -0.15) is 11.8 Å². The van der Waals surface area contributed by atoms with Crippen LogP contribution in [-0.2, 0) is 20.7 Å². The number of hydrogen-bond donors (Lipinski definition) is 2. The lowest BCUT2D eigenvalue weighted by molar-refractivity contribution is -0.223. The van der Waals surface area contributed by atoms with Crippen LogP contribution >= 0.6 is 11.8 Å². The molecule has 0 spiro atoms. The number of allylic oxidation sites excluding steroid dienone is 1. The van der Waals surface area contributed by atoms with Crippen LogP contribution in [-0.4, -0.2) is 77.0 Å². The molecule has 2 N–H and O–H groups in total. The Hall–Kier alpha value is -3.15. The van der Waals surface area contributed by atoms with E-state index in [4.69, 9.17) is 28.9 Å². The molecule has 1 aromatic carbocycles. The first kappa shape index (κ1) is 38.6. The number of benzene rings is 1. The molecular formula is C42H56N2O7S. The molecule has 0 amide bonds. The number of pyridine rings is 1. The Kier molecular flexibility index (Phi) is 14.3. The minimum absolute atomic E-state index is 0.0124. The van der Waals surface area contributed by atoms with Gasteiger partial charge in [0.2, 0.25) is 12.1 Å². The van der Waals surface area contributed by atoms with Gasteiger partial charge in [-0.15, -0.1) is 6.58 Å². The zero-order chi connectivity index (χ0) is 36.2. The Morgan fingerprint density at radius 2 is 1.81 bits per heavy atom. The Labute approximate surface area is 313 Å². The first-order chi connectivity index (χ1) is 25.6. The topological polar surface area (TPSA) is 112 Å². The van der Waals surface area contributed by atoms with Crippen molar-refractivity contribution in [3.05, 3.63) is 90.8 Å². The van der Waals surface area contributed by atoms with Crippen molar-refractivity contribution >= 4 is 17.5 Å². The van der Waals surface area contributed by atoms with E-state index in [1.807, 2.05) is 42.4 Å². The van der Waals surface area contributed by atoms with E-state index in [0.717, 1.165) is 98.3 Å². The van der Waals surface area contributed by atoms with Gasteiger partial charge in [0.05, 0.1) is 30.1 Å². The highest BCUT2D eigenvalue weighted by molar-refractivity contribution is 8.00. The van der Waals surface area contributed by atoms with Crippen molar-refractivity contribution in [2.24, 2.45) is 22.9 Å². The summed E-state index contributed by atoms with van der Waals surface area (Å²) in [5.74, 6) is 1.71. The molecular weight excluding hydrogens is 677 g/mol. The average Bonchev–Trinajstić information content (AvgIpc) is 3.18. The standard InChI is InChI=1S/C42H56N2O7S/c1-3-23-47-32-14-15-37-35(28-32)40-33(12-6-9-22-46)31(11-5-8-21-45)27-34-36(44-51-39-13-7-10-25-48-39)29-38(42(50-37,41(34)40)49-24-4-2)52-26-18-30-16-19-43-20-17-30/h3-4,14-17,19-20,27-28,31,33,38-41,45-46H,1-2,5-13,18,21-26,29H2/t31-,33+,38-,39?,40+,41+,42+/m0/s1. The first-order valence-electron chi connectivity index (χ1n) is 19.2. The van der Waals surface area contributed by atoms with Crippen LogP contribution in [0, 0.1) is 17.8 Å². The highest BCUT2D eigenvalue weighted by atomic mass is 32.2. The van der Waals surface area contributed by atoms with Crippen molar-refractivity contribution in [1.82, 2.24) is 4.98 Å². The second kappa shape index (κ2) is 19.3. The van der Waals surface area contributed by atoms with E-state index < -0.39 is 5.79 Å². The summed E-state index contributed by atoms with van der Waals surface area (Å²) in [6.07, 6.45) is 18.9. The number of rotatable bonds is 20. The molecule has 1 aromatic heterocycles. The number of unbranched alkanes of at least 4 members (excludes halogenated alkanes) is 2. The van der Waals surface area contributed by atoms with Crippen molar-refractivity contribution in [1.29, 1.82) is 0 Å². The number of aliphatic hydroxyl groups excluding tert-OH is 2. The molecule has 10 heteroatoms. The molecule has 1 saturated heterocycles. The summed E-state index contributed by atoms with van der Waals surface area (Å²) in [5, 5.41) is 24.5. The predicted octanol–water partition coefficient (Wildman–Crippen LogP) is 7.78. The van der Waals surface area contributed by atoms with Gasteiger partial charge in [-0.3, -0.25) is 4.98 Å². The highest BCUT2D eigenvalue weighted by Gasteiger charge is 2.64. The largest absolute Gasteiger partial charge is 0.490 e. The van der Waals surface area contributed by atoms with Crippen LogP contribution in [0.1, 0.15) is 81.3 Å². The molecule has 282 valence electrons. The van der Waals surface area contributed by atoms with Crippen molar-refractivity contribution in [3.8, 4) is 11.5 Å². The zero-order valence-corrected chi connectivity index (χ0v) is 31.2. The Morgan fingerprint density at radius 3 is 2.56 bits per heavy atom. The number of ether oxygens (including phenoxy) is 4. The molecule has 2 aliphatic carbocycles. The van der Waals surface area contributed by atoms with Crippen LogP contribution < -0.4 is 9.47 Å². The molecule has 9 nitrogen and oxygen atoms in total. The van der Waals surface area contributed by atoms with Crippen molar-refractivity contribution < 1.29 is 34.0 Å². The van der Waals surface area contributed by atoms with Crippen molar-refractivity contribution in [2.45, 2.75) is 93.9 Å². The molecule has 2 fully saturated rings. The third-order valence-electron chi connectivity index (χ3n) is 10.9. The van der Waals surface area contributed by atoms with E-state index in [9.17, 15) is 10.2 Å². The van der Waals surface area contributed by atoms with Gasteiger partial charge >= 0.3 is 0 Å². The SMILES string of the molecule is C=CCOc1ccc2c(c1)[C@H]1[C@H](CCCCO)[C@@H](CCCCO)C=C3C(=NOC4CCCCO4)C[C@H](SCCc4ccncc4)[C@@](OCC=C)(O2)[C@H]31. The second-order valence-electron chi connectivity index (χ2n) is 14.2. The molecule has 0 bridgehead atoms. The quantitative estimate of drug-likeness (QED) is 0.0801. The maximum atomic E-state index is 9.85. The molecule has 3 heterocycles. The van der Waals surface area contributed by atoms with Crippen molar-refractivity contribution in [3.63, 3.8) is 0 Å². The summed E-state index contributed by atoms with van der Waals surface area (Å²) >= 11 is 1.86. The smallest absolute Gasteiger partial charge is 0.230 e. The van der Waals surface area contributed by atoms with Crippen molar-refractivity contribution in [2.75, 3.05) is 38.8 Å². The summed E-state index contributed by atoms with van der Waals surface area (Å²) < 4.78 is 26.4. The molecule has 52 heavy (non-hydrogen) atoms. The lowest BCUT2D eigenvalue weighted by Crippen LogP contribution is -2.64. The van der Waals surface area contributed by atoms with Crippen LogP contribution in [0.15, 0.2) is 84.8 Å². The summed E-state index contributed by atoms with van der Waals surface area (Å²) in [6, 6.07) is 10.3. The summed E-state index contributed by atoms with van der Waals surface area (Å²) in [6.45, 7) is 9.65. The maximum Gasteiger partial charge on any atom is 0.230 e. The molecule has 2 aromatic rings. The number of nitrogens with zero attached hydrogens (tertiary/aromatic N) is 2. The maximum absolute atomic E-state index is 9.85. The van der Waals surface area contributed by atoms with E-state index in [0.29, 0.717) is 26.2 Å². The van der Waals surface area contributed by atoms with E-state index in [1.54, 1.807) is 6.08 Å². The van der Waals surface area contributed by atoms with Crippen LogP contribution in [0.2, 0.25) is 0 Å². The van der Waals surface area contributed by atoms with Gasteiger partial charge in [0.1, 0.15) is 18.1 Å². The molecule has 1 saturated carbocycles. The Morgan fingerprint density at radius 1 is 1.00 bits per heavy atom. The minimum atomic E-state index is -1.00. The predicted molar refractivity (Wildman–Crippen MR) is 206 cm³/mol. The summed E-state index contributed by atoms with van der Waals surface area (Å²) in [5.41, 5.74) is 4.38. The fraction of sp³-hybridized carbons (Fsp3) is 0.571. The van der Waals surface area contributed by atoms with Gasteiger partial charge in [0.25, 0.3) is 0 Å². The molecule has 7 atom stereocenters. The molecule has 6 rings (SSSR count). The number of oxime groups is 1. The van der Waals surface area contributed by atoms with Crippen LogP contribution in [0.25, 0.3) is 0 Å². The fourth-order valence-electron chi connectivity index (χ4n) is 8.51. The zero-order valence-electron chi connectivity index (χ0n) is 30.4. The van der Waals surface area contributed by atoms with Gasteiger partial charge in [-0.25, -0.2) is 0 Å². The van der Waals surface area contributed by atoms with Crippen LogP contribution in [0.5, 0.6) is 11.5 Å². The van der Waals surface area contributed by atoms with Gasteiger partial charge in [-0.05, 0) is 104 Å². The van der Waals surface area contributed by atoms with Gasteiger partial charge < -0.3 is 34.0 Å². The average molecular weight is 733 g/mol. The van der Waals surface area contributed by atoms with E-state index in [-0.39, 0.29) is 48.4 Å². The van der Waals surface area contributed by atoms with Crippen LogP contribution in [0.4, 0.5) is 0 Å². The monoisotopic (exact) mass is 732 g/mol. The third kappa shape index (κ3) is 8.96. The highest BCUT2D eigenvalue weighted by Crippen LogP contribution is 2.62. The number of aliphatic hydroxyl groups is 2. The van der Waals surface area contributed by atoms with E-state index in [1.165, 1.54) is 5.56 Å². The number of hydrogen-bond acceptors (Lipinski definition) is 10. The van der Waals surface area contributed by atoms with E-state index >= 15 is 0 Å². The Bertz CT molecular complexity index is 1510.